The molecule has 1 aromatic heterocycles. The maximum Gasteiger partial charge on any atom is 0.416 e. The molecule has 0 radical (unpaired) electrons. The third kappa shape index (κ3) is 9.90. The van der Waals surface area contributed by atoms with E-state index in [2.05, 4.69) is 38.0 Å². The second-order valence-corrected chi connectivity index (χ2v) is 11.7. The van der Waals surface area contributed by atoms with Crippen LogP contribution >= 0.6 is 35.0 Å². The van der Waals surface area contributed by atoms with Crippen LogP contribution in [0.2, 0.25) is 10.0 Å². The first-order valence-corrected chi connectivity index (χ1v) is 14.3. The minimum Gasteiger partial charge on any atom is -0.340 e. The van der Waals surface area contributed by atoms with Gasteiger partial charge in [0, 0.05) is 12.0 Å². The average molecular weight is 643 g/mol. The van der Waals surface area contributed by atoms with E-state index in [9.17, 15) is 22.8 Å². The zero-order valence-electron chi connectivity index (χ0n) is 23.1. The van der Waals surface area contributed by atoms with Gasteiger partial charge in [0.05, 0.1) is 38.3 Å². The lowest BCUT2D eigenvalue weighted by Crippen LogP contribution is -2.42. The second-order valence-electron chi connectivity index (χ2n) is 9.90. The fourth-order valence-corrected chi connectivity index (χ4v) is 4.62. The Labute approximate surface area is 255 Å². The Kier molecular flexibility index (Phi) is 11.3. The number of hydrogen-bond donors (Lipinski definition) is 2. The molecule has 0 aliphatic rings. The van der Waals surface area contributed by atoms with E-state index < -0.39 is 23.2 Å². The number of nitrogens with zero attached hydrogens (tertiary/aromatic N) is 5. The van der Waals surface area contributed by atoms with E-state index in [0.29, 0.717) is 17.7 Å². The van der Waals surface area contributed by atoms with Crippen LogP contribution in [0.5, 0.6) is 0 Å². The van der Waals surface area contributed by atoms with Gasteiger partial charge >= 0.3 is 6.18 Å². The van der Waals surface area contributed by atoms with Crippen molar-refractivity contribution >= 4 is 52.5 Å². The van der Waals surface area contributed by atoms with Crippen LogP contribution in [-0.4, -0.2) is 68.9 Å². The second kappa shape index (κ2) is 14.2. The van der Waals surface area contributed by atoms with Crippen molar-refractivity contribution in [3.05, 3.63) is 57.6 Å². The first kappa shape index (κ1) is 33.2. The molecule has 0 spiro atoms. The third-order valence-electron chi connectivity index (χ3n) is 5.50. The number of carbonyl (C=O) groups excluding carboxylic acids is 2. The predicted molar refractivity (Wildman–Crippen MR) is 157 cm³/mol. The van der Waals surface area contributed by atoms with Crippen LogP contribution < -0.4 is 10.6 Å². The van der Waals surface area contributed by atoms with E-state index in [1.807, 2.05) is 19.0 Å². The highest BCUT2D eigenvalue weighted by Gasteiger charge is 2.31. The zero-order chi connectivity index (χ0) is 31.1. The number of amides is 2. The van der Waals surface area contributed by atoms with Crippen molar-refractivity contribution in [2.45, 2.75) is 43.6 Å². The molecule has 2 aromatic carbocycles. The number of carbonyl (C=O) groups is 2. The molecule has 0 atom stereocenters. The fourth-order valence-electron chi connectivity index (χ4n) is 3.51. The van der Waals surface area contributed by atoms with Crippen LogP contribution in [0.25, 0.3) is 5.69 Å². The molecule has 9 nitrogen and oxygen atoms in total. The van der Waals surface area contributed by atoms with E-state index >= 15 is 0 Å². The number of anilines is 1. The van der Waals surface area contributed by atoms with Crippen molar-refractivity contribution in [2.75, 3.05) is 31.7 Å². The van der Waals surface area contributed by atoms with Gasteiger partial charge in [-0.3, -0.25) is 9.59 Å². The standard InChI is InChI=1S/C27H28Cl2F3N7O2S/c1-26(2,34-23(40)6-5-13-38(3)4)12-11-17-7-10-21(20(29)14-17)33-24(41)16-42-25-35-36-37-39(25)22-15-18(27(30,31)32)8-9-19(22)28/h7-10,14-15H,5-6,13,16H2,1-4H3,(H,33,41)(H,34,40). The highest BCUT2D eigenvalue weighted by molar-refractivity contribution is 7.99. The number of benzene rings is 2. The molecule has 3 rings (SSSR count). The summed E-state index contributed by atoms with van der Waals surface area (Å²) in [6.07, 6.45) is -3.45. The summed E-state index contributed by atoms with van der Waals surface area (Å²) in [6, 6.07) is 7.63. The van der Waals surface area contributed by atoms with Gasteiger partial charge in [-0.25, -0.2) is 0 Å². The Balaban J connectivity index is 1.60. The van der Waals surface area contributed by atoms with Crippen LogP contribution in [-0.2, 0) is 15.8 Å². The van der Waals surface area contributed by atoms with Gasteiger partial charge in [-0.2, -0.15) is 17.9 Å². The molecule has 2 N–H and O–H groups in total. The molecule has 0 aliphatic heterocycles. The van der Waals surface area contributed by atoms with Gasteiger partial charge in [0.1, 0.15) is 0 Å². The van der Waals surface area contributed by atoms with Gasteiger partial charge in [0.2, 0.25) is 17.0 Å². The van der Waals surface area contributed by atoms with Crippen molar-refractivity contribution in [3.63, 3.8) is 0 Å². The normalized spacial score (nSPS) is 11.7. The minimum atomic E-state index is -4.58. The number of halogens is 5. The maximum atomic E-state index is 13.2. The van der Waals surface area contributed by atoms with Crippen LogP contribution in [0.4, 0.5) is 18.9 Å². The summed E-state index contributed by atoms with van der Waals surface area (Å²) in [4.78, 5) is 26.8. The first-order valence-electron chi connectivity index (χ1n) is 12.5. The van der Waals surface area contributed by atoms with E-state index in [1.165, 1.54) is 0 Å². The van der Waals surface area contributed by atoms with Crippen molar-refractivity contribution in [1.29, 1.82) is 0 Å². The van der Waals surface area contributed by atoms with Crippen LogP contribution in [0.1, 0.15) is 37.8 Å². The average Bonchev–Trinajstić information content (AvgIpc) is 3.35. The van der Waals surface area contributed by atoms with E-state index in [4.69, 9.17) is 23.2 Å². The number of aromatic nitrogens is 4. The predicted octanol–water partition coefficient (Wildman–Crippen LogP) is 5.31. The molecule has 0 unspecified atom stereocenters. The number of hydrogen-bond acceptors (Lipinski definition) is 7. The highest BCUT2D eigenvalue weighted by atomic mass is 35.5. The molecule has 2 amide bonds. The van der Waals surface area contributed by atoms with E-state index in [1.54, 1.807) is 32.0 Å². The molecule has 15 heteroatoms. The first-order chi connectivity index (χ1) is 19.6. The molecule has 0 aliphatic carbocycles. The van der Waals surface area contributed by atoms with Crippen molar-refractivity contribution in [1.82, 2.24) is 30.4 Å². The summed E-state index contributed by atoms with van der Waals surface area (Å²) in [6.45, 7) is 4.41. The SMILES string of the molecule is CN(C)CCCC(=O)NC(C)(C)C#Cc1ccc(NC(=O)CSc2nnnn2-c2cc(C(F)(F)F)ccc2Cl)c(Cl)c1. The number of nitrogens with one attached hydrogen (secondary N) is 2. The summed E-state index contributed by atoms with van der Waals surface area (Å²) in [5.74, 6) is 5.31. The van der Waals surface area contributed by atoms with Crippen LogP contribution in [0.15, 0.2) is 41.6 Å². The minimum absolute atomic E-state index is 0.00217. The quantitative estimate of drug-likeness (QED) is 0.228. The molecule has 0 bridgehead atoms. The largest absolute Gasteiger partial charge is 0.416 e. The van der Waals surface area contributed by atoms with Crippen molar-refractivity contribution in [3.8, 4) is 17.5 Å². The lowest BCUT2D eigenvalue weighted by Gasteiger charge is -2.20. The molecular weight excluding hydrogens is 614 g/mol. The van der Waals surface area contributed by atoms with Crippen LogP contribution in [0.3, 0.4) is 0 Å². The van der Waals surface area contributed by atoms with Gasteiger partial charge in [0.25, 0.3) is 0 Å². The fraction of sp³-hybridized carbons (Fsp3) is 0.370. The van der Waals surface area contributed by atoms with Gasteiger partial charge in [0.15, 0.2) is 0 Å². The number of rotatable bonds is 10. The Morgan fingerprint density at radius 3 is 2.48 bits per heavy atom. The summed E-state index contributed by atoms with van der Waals surface area (Å²) in [5, 5.41) is 16.9. The van der Waals surface area contributed by atoms with Gasteiger partial charge in [-0.15, -0.1) is 5.10 Å². The Morgan fingerprint density at radius 2 is 1.81 bits per heavy atom. The molecule has 42 heavy (non-hydrogen) atoms. The molecule has 224 valence electrons. The summed E-state index contributed by atoms with van der Waals surface area (Å²) < 4.78 is 40.5. The molecule has 0 fully saturated rings. The summed E-state index contributed by atoms with van der Waals surface area (Å²) in [5.41, 5.74) is -0.843. The molecular formula is C27H28Cl2F3N7O2S. The smallest absolute Gasteiger partial charge is 0.340 e. The molecule has 0 saturated carbocycles. The summed E-state index contributed by atoms with van der Waals surface area (Å²) >= 11 is 13.4. The lowest BCUT2D eigenvalue weighted by molar-refractivity contribution is -0.137. The van der Waals surface area contributed by atoms with E-state index in [-0.39, 0.29) is 32.5 Å². The van der Waals surface area contributed by atoms with Crippen molar-refractivity contribution in [2.24, 2.45) is 0 Å². The molecule has 3 aromatic rings. The van der Waals surface area contributed by atoms with Gasteiger partial charge < -0.3 is 15.5 Å². The van der Waals surface area contributed by atoms with Crippen LogP contribution in [0, 0.1) is 11.8 Å². The highest BCUT2D eigenvalue weighted by Crippen LogP contribution is 2.34. The number of alkyl halides is 3. The Morgan fingerprint density at radius 1 is 1.07 bits per heavy atom. The molecule has 1 heterocycles. The monoisotopic (exact) mass is 641 g/mol. The Bertz CT molecular complexity index is 1500. The molecule has 0 saturated heterocycles. The van der Waals surface area contributed by atoms with Gasteiger partial charge in [-0.1, -0.05) is 46.8 Å². The maximum absolute atomic E-state index is 13.2. The zero-order valence-corrected chi connectivity index (χ0v) is 25.5. The topological polar surface area (TPSA) is 105 Å². The summed E-state index contributed by atoms with van der Waals surface area (Å²) in [7, 11) is 3.90. The Hall–Kier alpha value is -3.31. The number of tetrazole rings is 1. The van der Waals surface area contributed by atoms with E-state index in [0.717, 1.165) is 47.6 Å². The third-order valence-corrected chi connectivity index (χ3v) is 7.05. The van der Waals surface area contributed by atoms with Crippen molar-refractivity contribution < 1.29 is 22.8 Å². The lowest BCUT2D eigenvalue weighted by atomic mass is 10.0. The van der Waals surface area contributed by atoms with Gasteiger partial charge in [-0.05, 0) is 87.7 Å². The number of thioether (sulfide) groups is 1.